The number of para-hydroxylation sites is 1. The van der Waals surface area contributed by atoms with Gasteiger partial charge in [-0.2, -0.15) is 0 Å². The molecule has 3 heterocycles. The average molecular weight is 460 g/mol. The average Bonchev–Trinajstić information content (AvgIpc) is 3.47. The van der Waals surface area contributed by atoms with Crippen LogP contribution >= 0.6 is 0 Å². The topological polar surface area (TPSA) is 72.8 Å². The van der Waals surface area contributed by atoms with Crippen molar-refractivity contribution < 1.29 is 19.1 Å². The summed E-state index contributed by atoms with van der Waals surface area (Å²) < 4.78 is 13.0. The van der Waals surface area contributed by atoms with E-state index in [-0.39, 0.29) is 24.6 Å². The van der Waals surface area contributed by atoms with E-state index in [1.165, 1.54) is 6.42 Å². The smallest absolute Gasteiger partial charge is 0.271 e. The van der Waals surface area contributed by atoms with Gasteiger partial charge in [-0.3, -0.25) is 9.59 Å². The molecule has 0 unspecified atom stereocenters. The summed E-state index contributed by atoms with van der Waals surface area (Å²) in [6, 6.07) is 15.8. The number of hydrogen-bond acceptors (Lipinski definition) is 4. The summed E-state index contributed by atoms with van der Waals surface area (Å²) in [7, 11) is 0. The highest BCUT2D eigenvalue weighted by Crippen LogP contribution is 2.36. The third kappa shape index (κ3) is 3.42. The minimum atomic E-state index is -1.03. The molecule has 1 aromatic heterocycles. The quantitative estimate of drug-likeness (QED) is 0.634. The van der Waals surface area contributed by atoms with Gasteiger partial charge in [0.2, 0.25) is 12.7 Å². The maximum Gasteiger partial charge on any atom is 0.271 e. The predicted molar refractivity (Wildman–Crippen MR) is 128 cm³/mol. The van der Waals surface area contributed by atoms with Crippen LogP contribution in [-0.2, 0) is 17.9 Å². The van der Waals surface area contributed by atoms with E-state index < -0.39 is 5.54 Å². The van der Waals surface area contributed by atoms with Gasteiger partial charge in [0, 0.05) is 23.5 Å². The lowest BCUT2D eigenvalue weighted by Gasteiger charge is -2.45. The maximum absolute atomic E-state index is 13.9. The zero-order chi connectivity index (χ0) is 23.3. The van der Waals surface area contributed by atoms with E-state index >= 15 is 0 Å². The molecule has 34 heavy (non-hydrogen) atoms. The lowest BCUT2D eigenvalue weighted by Crippen LogP contribution is -2.64. The molecule has 0 spiro atoms. The molecule has 7 heteroatoms. The fourth-order valence-corrected chi connectivity index (χ4v) is 5.56. The van der Waals surface area contributed by atoms with Crippen molar-refractivity contribution in [1.82, 2.24) is 14.8 Å². The van der Waals surface area contributed by atoms with Gasteiger partial charge in [-0.15, -0.1) is 0 Å². The molecule has 3 aliphatic rings. The van der Waals surface area contributed by atoms with E-state index in [1.54, 1.807) is 4.90 Å². The number of hydrogen-bond donors (Lipinski definition) is 1. The maximum atomic E-state index is 13.9. The molecule has 2 aromatic carbocycles. The first-order valence-corrected chi connectivity index (χ1v) is 12.1. The van der Waals surface area contributed by atoms with Crippen LogP contribution in [-0.4, -0.2) is 39.7 Å². The van der Waals surface area contributed by atoms with Gasteiger partial charge in [0.25, 0.3) is 5.91 Å². The van der Waals surface area contributed by atoms with Crippen molar-refractivity contribution in [2.45, 2.75) is 63.7 Å². The SMILES string of the molecule is C[C@]1(C(=O)NC2CCCCC2)Cn2c(cc3ccccc32)C(=O)N1Cc1ccc2c(c1)OCO2. The monoisotopic (exact) mass is 459 g/mol. The third-order valence-corrected chi connectivity index (χ3v) is 7.54. The van der Waals surface area contributed by atoms with Crippen LogP contribution in [0.3, 0.4) is 0 Å². The molecule has 1 saturated carbocycles. The largest absolute Gasteiger partial charge is 0.454 e. The van der Waals surface area contributed by atoms with E-state index in [1.807, 2.05) is 60.0 Å². The normalized spacial score (nSPS) is 22.1. The highest BCUT2D eigenvalue weighted by molar-refractivity contribution is 6.03. The first-order chi connectivity index (χ1) is 16.5. The number of benzene rings is 2. The second-order valence-electron chi connectivity index (χ2n) is 9.84. The van der Waals surface area contributed by atoms with Crippen LogP contribution in [0.4, 0.5) is 0 Å². The molecule has 176 valence electrons. The van der Waals surface area contributed by atoms with E-state index in [0.29, 0.717) is 30.3 Å². The Balaban J connectivity index is 1.39. The molecule has 7 nitrogen and oxygen atoms in total. The van der Waals surface area contributed by atoms with Gasteiger partial charge < -0.3 is 24.3 Å². The van der Waals surface area contributed by atoms with Gasteiger partial charge in [-0.25, -0.2) is 0 Å². The zero-order valence-electron chi connectivity index (χ0n) is 19.4. The molecule has 2 aliphatic heterocycles. The third-order valence-electron chi connectivity index (χ3n) is 7.54. The predicted octanol–water partition coefficient (Wildman–Crippen LogP) is 4.23. The van der Waals surface area contributed by atoms with Crippen molar-refractivity contribution in [1.29, 1.82) is 0 Å². The Labute approximate surface area is 198 Å². The number of nitrogens with zero attached hydrogens (tertiary/aromatic N) is 2. The summed E-state index contributed by atoms with van der Waals surface area (Å²) in [6.45, 7) is 2.81. The molecule has 1 N–H and O–H groups in total. The van der Waals surface area contributed by atoms with Gasteiger partial charge in [0.1, 0.15) is 11.2 Å². The molecule has 0 radical (unpaired) electrons. The number of fused-ring (bicyclic) bond motifs is 4. The molecule has 6 rings (SSSR count). The van der Waals surface area contributed by atoms with E-state index in [4.69, 9.17) is 9.47 Å². The van der Waals surface area contributed by atoms with Crippen LogP contribution in [0.25, 0.3) is 10.9 Å². The van der Waals surface area contributed by atoms with Crippen molar-refractivity contribution in [3.63, 3.8) is 0 Å². The standard InChI is InChI=1S/C27H29N3O4/c1-27(26(32)28-20-8-3-2-4-9-20)16-29-21-10-6-5-7-19(21)14-22(29)25(31)30(27)15-18-11-12-23-24(13-18)34-17-33-23/h5-7,10-14,20H,2-4,8-9,15-17H2,1H3,(H,28,32)/t27-/m1/s1. The zero-order valence-corrected chi connectivity index (χ0v) is 19.4. The number of ether oxygens (including phenoxy) is 2. The molecule has 1 atom stereocenters. The van der Waals surface area contributed by atoms with Crippen LogP contribution in [0.15, 0.2) is 48.5 Å². The van der Waals surface area contributed by atoms with Crippen molar-refractivity contribution in [2.75, 3.05) is 6.79 Å². The lowest BCUT2D eigenvalue weighted by molar-refractivity contribution is -0.134. The molecular formula is C27H29N3O4. The Bertz CT molecular complexity index is 1280. The number of amides is 2. The van der Waals surface area contributed by atoms with Gasteiger partial charge in [-0.05, 0) is 49.6 Å². The Hall–Kier alpha value is -3.48. The van der Waals surface area contributed by atoms with Crippen LogP contribution in [0, 0.1) is 0 Å². The first kappa shape index (κ1) is 21.1. The number of nitrogens with one attached hydrogen (secondary N) is 1. The van der Waals surface area contributed by atoms with Gasteiger partial charge in [-0.1, -0.05) is 43.5 Å². The first-order valence-electron chi connectivity index (χ1n) is 12.1. The summed E-state index contributed by atoms with van der Waals surface area (Å²) in [5.41, 5.74) is 1.47. The summed E-state index contributed by atoms with van der Waals surface area (Å²) in [4.78, 5) is 29.5. The highest BCUT2D eigenvalue weighted by atomic mass is 16.7. The van der Waals surface area contributed by atoms with Crippen molar-refractivity contribution in [3.8, 4) is 11.5 Å². The number of aromatic nitrogens is 1. The molecule has 0 saturated heterocycles. The second kappa shape index (κ2) is 8.08. The van der Waals surface area contributed by atoms with Crippen molar-refractivity contribution in [3.05, 3.63) is 59.8 Å². The highest BCUT2D eigenvalue weighted by Gasteiger charge is 2.48. The summed E-state index contributed by atoms with van der Waals surface area (Å²) in [5, 5.41) is 4.29. The van der Waals surface area contributed by atoms with E-state index in [2.05, 4.69) is 5.32 Å². The molecule has 1 fully saturated rings. The molecule has 2 amide bonds. The molecular weight excluding hydrogens is 430 g/mol. The van der Waals surface area contributed by atoms with Gasteiger partial charge in [0.15, 0.2) is 11.5 Å². The van der Waals surface area contributed by atoms with Gasteiger partial charge >= 0.3 is 0 Å². The number of rotatable bonds is 4. The second-order valence-corrected chi connectivity index (χ2v) is 9.84. The molecule has 0 bridgehead atoms. The Kier molecular flexibility index (Phi) is 5.01. The summed E-state index contributed by atoms with van der Waals surface area (Å²) in [5.74, 6) is 1.15. The van der Waals surface area contributed by atoms with Crippen LogP contribution in [0.2, 0.25) is 0 Å². The Morgan fingerprint density at radius 2 is 1.85 bits per heavy atom. The van der Waals surface area contributed by atoms with Crippen LogP contribution < -0.4 is 14.8 Å². The fourth-order valence-electron chi connectivity index (χ4n) is 5.56. The number of carbonyl (C=O) groups excluding carboxylic acids is 2. The van der Waals surface area contributed by atoms with Crippen molar-refractivity contribution in [2.24, 2.45) is 0 Å². The number of carbonyl (C=O) groups is 2. The summed E-state index contributed by atoms with van der Waals surface area (Å²) in [6.07, 6.45) is 5.48. The molecule has 3 aromatic rings. The minimum Gasteiger partial charge on any atom is -0.454 e. The van der Waals surface area contributed by atoms with Crippen LogP contribution in [0.5, 0.6) is 11.5 Å². The molecule has 1 aliphatic carbocycles. The lowest BCUT2D eigenvalue weighted by atomic mass is 9.91. The van der Waals surface area contributed by atoms with E-state index in [9.17, 15) is 9.59 Å². The summed E-state index contributed by atoms with van der Waals surface area (Å²) >= 11 is 0. The van der Waals surface area contributed by atoms with Crippen molar-refractivity contribution >= 4 is 22.7 Å². The van der Waals surface area contributed by atoms with E-state index in [0.717, 1.165) is 42.1 Å². The fraction of sp³-hybridized carbons (Fsp3) is 0.407. The van der Waals surface area contributed by atoms with Crippen LogP contribution in [0.1, 0.15) is 55.1 Å². The Morgan fingerprint density at radius 3 is 2.71 bits per heavy atom. The minimum absolute atomic E-state index is 0.0862. The van der Waals surface area contributed by atoms with Gasteiger partial charge in [0.05, 0.1) is 6.54 Å². The Morgan fingerprint density at radius 1 is 1.06 bits per heavy atom.